The average Bonchev–Trinajstić information content (AvgIpc) is 2.82. The van der Waals surface area contributed by atoms with Gasteiger partial charge in [-0.3, -0.25) is 9.59 Å². The molecule has 1 fully saturated rings. The van der Waals surface area contributed by atoms with Crippen LogP contribution in [0.4, 0.5) is 11.4 Å². The third-order valence-electron chi connectivity index (χ3n) is 3.85. The van der Waals surface area contributed by atoms with Crippen molar-refractivity contribution in [3.8, 4) is 5.75 Å². The second-order valence-electron chi connectivity index (χ2n) is 5.51. The molecule has 1 heterocycles. The first-order valence-corrected chi connectivity index (χ1v) is 7.43. The van der Waals surface area contributed by atoms with Crippen LogP contribution in [0.25, 0.3) is 0 Å². The maximum absolute atomic E-state index is 12.6. The standard InChI is InChI=1S/C18H18N2O3/c1-12-8-9-16(23-2)14(10-12)19-15-11-17(21)20(18(15)22)13-6-4-3-5-7-13/h3-10,15,19H,11H2,1-2H3/t15-/m1/s1. The Labute approximate surface area is 134 Å². The van der Waals surface area contributed by atoms with Gasteiger partial charge in [0.1, 0.15) is 11.8 Å². The quantitative estimate of drug-likeness (QED) is 0.882. The highest BCUT2D eigenvalue weighted by Gasteiger charge is 2.39. The third kappa shape index (κ3) is 2.90. The van der Waals surface area contributed by atoms with Crippen molar-refractivity contribution in [3.05, 3.63) is 54.1 Å². The van der Waals surface area contributed by atoms with E-state index in [4.69, 9.17) is 4.74 Å². The van der Waals surface area contributed by atoms with Crippen molar-refractivity contribution in [1.29, 1.82) is 0 Å². The molecular formula is C18H18N2O3. The molecule has 0 bridgehead atoms. The van der Waals surface area contributed by atoms with Crippen LogP contribution in [0.5, 0.6) is 5.75 Å². The zero-order valence-electron chi connectivity index (χ0n) is 13.1. The fourth-order valence-electron chi connectivity index (χ4n) is 2.72. The first-order chi connectivity index (χ1) is 11.1. The van der Waals surface area contributed by atoms with Crippen LogP contribution in [0.3, 0.4) is 0 Å². The van der Waals surface area contributed by atoms with Crippen molar-refractivity contribution in [2.75, 3.05) is 17.3 Å². The lowest BCUT2D eigenvalue weighted by Crippen LogP contribution is -2.34. The van der Waals surface area contributed by atoms with Crippen LogP contribution in [-0.4, -0.2) is 25.0 Å². The summed E-state index contributed by atoms with van der Waals surface area (Å²) < 4.78 is 5.31. The van der Waals surface area contributed by atoms with Crippen LogP contribution < -0.4 is 15.0 Å². The SMILES string of the molecule is COc1ccc(C)cc1N[C@@H]1CC(=O)N(c2ccccc2)C1=O. The second-order valence-corrected chi connectivity index (χ2v) is 5.51. The Hall–Kier alpha value is -2.82. The van der Waals surface area contributed by atoms with E-state index in [-0.39, 0.29) is 18.2 Å². The molecule has 0 aromatic heterocycles. The van der Waals surface area contributed by atoms with Gasteiger partial charge < -0.3 is 10.1 Å². The number of imide groups is 1. The molecular weight excluding hydrogens is 292 g/mol. The van der Waals surface area contributed by atoms with Gasteiger partial charge in [-0.15, -0.1) is 0 Å². The van der Waals surface area contributed by atoms with Crippen LogP contribution in [0.1, 0.15) is 12.0 Å². The average molecular weight is 310 g/mol. The fraction of sp³-hybridized carbons (Fsp3) is 0.222. The van der Waals surface area contributed by atoms with E-state index in [1.807, 2.05) is 31.2 Å². The smallest absolute Gasteiger partial charge is 0.256 e. The minimum atomic E-state index is -0.585. The van der Waals surface area contributed by atoms with Gasteiger partial charge in [0.05, 0.1) is 24.9 Å². The fourth-order valence-corrected chi connectivity index (χ4v) is 2.72. The summed E-state index contributed by atoms with van der Waals surface area (Å²) in [5, 5.41) is 3.14. The topological polar surface area (TPSA) is 58.6 Å². The van der Waals surface area contributed by atoms with Crippen LogP contribution in [0, 0.1) is 6.92 Å². The number of carbonyl (C=O) groups is 2. The summed E-state index contributed by atoms with van der Waals surface area (Å²) in [6.45, 7) is 1.96. The number of para-hydroxylation sites is 1. The van der Waals surface area contributed by atoms with Crippen molar-refractivity contribution < 1.29 is 14.3 Å². The summed E-state index contributed by atoms with van der Waals surface area (Å²) in [6.07, 6.45) is 0.130. The van der Waals surface area contributed by atoms with Crippen LogP contribution >= 0.6 is 0 Å². The molecule has 1 N–H and O–H groups in total. The number of carbonyl (C=O) groups excluding carboxylic acids is 2. The maximum atomic E-state index is 12.6. The van der Waals surface area contributed by atoms with E-state index in [2.05, 4.69) is 5.32 Å². The number of ether oxygens (including phenoxy) is 1. The Morgan fingerprint density at radius 1 is 1.13 bits per heavy atom. The molecule has 0 saturated carbocycles. The molecule has 0 unspecified atom stereocenters. The molecule has 1 saturated heterocycles. The number of amides is 2. The molecule has 1 aliphatic rings. The van der Waals surface area contributed by atoms with E-state index >= 15 is 0 Å². The molecule has 0 radical (unpaired) electrons. The van der Waals surface area contributed by atoms with Crippen molar-refractivity contribution in [3.63, 3.8) is 0 Å². The molecule has 0 aliphatic carbocycles. The van der Waals surface area contributed by atoms with Gasteiger partial charge in [-0.1, -0.05) is 24.3 Å². The van der Waals surface area contributed by atoms with Gasteiger partial charge in [0.2, 0.25) is 5.91 Å². The number of hydrogen-bond donors (Lipinski definition) is 1. The lowest BCUT2D eigenvalue weighted by molar-refractivity contribution is -0.121. The molecule has 0 spiro atoms. The zero-order valence-corrected chi connectivity index (χ0v) is 13.1. The van der Waals surface area contributed by atoms with Gasteiger partial charge in [0.25, 0.3) is 5.91 Å². The Kier molecular flexibility index (Phi) is 4.02. The van der Waals surface area contributed by atoms with Gasteiger partial charge in [-0.2, -0.15) is 0 Å². The van der Waals surface area contributed by atoms with E-state index < -0.39 is 6.04 Å². The zero-order chi connectivity index (χ0) is 16.4. The second kappa shape index (κ2) is 6.12. The molecule has 3 rings (SSSR count). The van der Waals surface area contributed by atoms with Crippen molar-refractivity contribution >= 4 is 23.2 Å². The number of anilines is 2. The highest BCUT2D eigenvalue weighted by Crippen LogP contribution is 2.29. The summed E-state index contributed by atoms with van der Waals surface area (Å²) in [4.78, 5) is 26.1. The molecule has 23 heavy (non-hydrogen) atoms. The van der Waals surface area contributed by atoms with Crippen molar-refractivity contribution in [2.24, 2.45) is 0 Å². The molecule has 2 amide bonds. The monoisotopic (exact) mass is 310 g/mol. The largest absolute Gasteiger partial charge is 0.495 e. The van der Waals surface area contributed by atoms with Crippen LogP contribution in [0.15, 0.2) is 48.5 Å². The van der Waals surface area contributed by atoms with E-state index in [9.17, 15) is 9.59 Å². The summed E-state index contributed by atoms with van der Waals surface area (Å²) in [5.41, 5.74) is 2.36. The molecule has 2 aromatic carbocycles. The molecule has 118 valence electrons. The number of nitrogens with zero attached hydrogens (tertiary/aromatic N) is 1. The highest BCUT2D eigenvalue weighted by molar-refractivity contribution is 6.23. The van der Waals surface area contributed by atoms with E-state index in [1.165, 1.54) is 4.90 Å². The summed E-state index contributed by atoms with van der Waals surface area (Å²) in [5.74, 6) is 0.198. The van der Waals surface area contributed by atoms with E-state index in [0.717, 1.165) is 5.56 Å². The first kappa shape index (κ1) is 15.1. The Balaban J connectivity index is 1.85. The summed E-state index contributed by atoms with van der Waals surface area (Å²) in [6, 6.07) is 14.1. The third-order valence-corrected chi connectivity index (χ3v) is 3.85. The van der Waals surface area contributed by atoms with Gasteiger partial charge in [0.15, 0.2) is 0 Å². The molecule has 5 nitrogen and oxygen atoms in total. The lowest BCUT2D eigenvalue weighted by Gasteiger charge is -2.17. The van der Waals surface area contributed by atoms with Gasteiger partial charge >= 0.3 is 0 Å². The van der Waals surface area contributed by atoms with Crippen LogP contribution in [0.2, 0.25) is 0 Å². The molecule has 1 atom stereocenters. The number of hydrogen-bond acceptors (Lipinski definition) is 4. The predicted molar refractivity (Wildman–Crippen MR) is 88.7 cm³/mol. The number of methoxy groups -OCH3 is 1. The molecule has 1 aliphatic heterocycles. The summed E-state index contributed by atoms with van der Waals surface area (Å²) in [7, 11) is 1.58. The van der Waals surface area contributed by atoms with Gasteiger partial charge in [0, 0.05) is 0 Å². The number of nitrogens with one attached hydrogen (secondary N) is 1. The first-order valence-electron chi connectivity index (χ1n) is 7.43. The molecule has 5 heteroatoms. The predicted octanol–water partition coefficient (Wildman–Crippen LogP) is 2.75. The highest BCUT2D eigenvalue weighted by atomic mass is 16.5. The van der Waals surface area contributed by atoms with Gasteiger partial charge in [-0.05, 0) is 36.8 Å². The lowest BCUT2D eigenvalue weighted by atomic mass is 10.1. The minimum absolute atomic E-state index is 0.130. The Bertz CT molecular complexity index is 743. The normalized spacial score (nSPS) is 17.5. The Morgan fingerprint density at radius 3 is 2.57 bits per heavy atom. The summed E-state index contributed by atoms with van der Waals surface area (Å²) >= 11 is 0. The number of benzene rings is 2. The maximum Gasteiger partial charge on any atom is 0.256 e. The Morgan fingerprint density at radius 2 is 1.87 bits per heavy atom. The van der Waals surface area contributed by atoms with Crippen molar-refractivity contribution in [1.82, 2.24) is 0 Å². The van der Waals surface area contributed by atoms with E-state index in [1.54, 1.807) is 31.4 Å². The number of rotatable bonds is 4. The van der Waals surface area contributed by atoms with E-state index in [0.29, 0.717) is 17.1 Å². The number of aryl methyl sites for hydroxylation is 1. The molecule has 2 aromatic rings. The van der Waals surface area contributed by atoms with Crippen LogP contribution in [-0.2, 0) is 9.59 Å². The van der Waals surface area contributed by atoms with Crippen molar-refractivity contribution in [2.45, 2.75) is 19.4 Å². The minimum Gasteiger partial charge on any atom is -0.495 e. The van der Waals surface area contributed by atoms with Gasteiger partial charge in [-0.25, -0.2) is 4.90 Å².